The topological polar surface area (TPSA) is 106 Å². The van der Waals surface area contributed by atoms with Crippen LogP contribution in [0.25, 0.3) is 11.3 Å². The highest BCUT2D eigenvalue weighted by atomic mass is 32.1. The number of quaternary nitrogens is 1. The number of carbonyl (C=O) groups is 1. The lowest BCUT2D eigenvalue weighted by Crippen LogP contribution is -2.87. The van der Waals surface area contributed by atoms with Crippen LogP contribution in [0.1, 0.15) is 18.7 Å². The van der Waals surface area contributed by atoms with Crippen LogP contribution in [-0.2, 0) is 4.79 Å². The zero-order valence-electron chi connectivity index (χ0n) is 15.9. The molecule has 0 spiro atoms. The monoisotopic (exact) mass is 413 g/mol. The van der Waals surface area contributed by atoms with Crippen molar-refractivity contribution in [3.05, 3.63) is 76.6 Å². The Morgan fingerprint density at radius 3 is 2.79 bits per heavy atom. The first-order valence-corrected chi connectivity index (χ1v) is 9.86. The quantitative estimate of drug-likeness (QED) is 0.329. The minimum absolute atomic E-state index is 0.0199. The molecular weight excluding hydrogens is 392 g/mol. The van der Waals surface area contributed by atoms with Gasteiger partial charge in [0.05, 0.1) is 16.9 Å². The summed E-state index contributed by atoms with van der Waals surface area (Å²) in [6, 6.07) is 9.89. The molecule has 2 N–H and O–H groups in total. The number of furan rings is 1. The second kappa shape index (κ2) is 9.26. The normalized spacial score (nSPS) is 11.8. The first kappa shape index (κ1) is 20.4. The summed E-state index contributed by atoms with van der Waals surface area (Å²) in [5, 5.41) is 15.1. The van der Waals surface area contributed by atoms with Gasteiger partial charge < -0.3 is 9.73 Å². The van der Waals surface area contributed by atoms with Gasteiger partial charge in [0.15, 0.2) is 17.4 Å². The molecule has 2 heterocycles. The van der Waals surface area contributed by atoms with E-state index in [2.05, 4.69) is 11.6 Å². The molecule has 0 saturated heterocycles. The van der Waals surface area contributed by atoms with Crippen LogP contribution in [0.4, 0.5) is 10.8 Å². The van der Waals surface area contributed by atoms with Crippen molar-refractivity contribution >= 4 is 28.1 Å². The van der Waals surface area contributed by atoms with E-state index in [-0.39, 0.29) is 24.2 Å². The molecule has 150 valence electrons. The van der Waals surface area contributed by atoms with Gasteiger partial charge in [-0.3, -0.25) is 19.8 Å². The summed E-state index contributed by atoms with van der Waals surface area (Å²) < 4.78 is 5.37. The Bertz CT molecular complexity index is 982. The van der Waals surface area contributed by atoms with E-state index in [0.29, 0.717) is 17.4 Å². The molecule has 1 atom stereocenters. The standard InChI is InChI=1S/C20H20N4O4S/c1-3-10-23(19(25)12-21-14(2)18-5-4-11-28-18)20-22-17(13-29-20)15-6-8-16(9-7-15)24(26)27/h3-9,11,13-14,21H,1,10,12H2,2H3/p+1/t14-/m1/s1. The van der Waals surface area contributed by atoms with Crippen LogP contribution in [0.3, 0.4) is 0 Å². The number of carbonyl (C=O) groups excluding carboxylic acids is 1. The Hall–Kier alpha value is -3.30. The largest absolute Gasteiger partial charge is 0.463 e. The third kappa shape index (κ3) is 4.95. The molecule has 1 aromatic carbocycles. The van der Waals surface area contributed by atoms with Crippen molar-refractivity contribution in [2.45, 2.75) is 13.0 Å². The van der Waals surface area contributed by atoms with Crippen LogP contribution in [0.5, 0.6) is 0 Å². The van der Waals surface area contributed by atoms with Crippen molar-refractivity contribution in [1.29, 1.82) is 0 Å². The van der Waals surface area contributed by atoms with E-state index in [4.69, 9.17) is 4.42 Å². The smallest absolute Gasteiger partial charge is 0.284 e. The second-order valence-corrected chi connectivity index (χ2v) is 7.19. The van der Waals surface area contributed by atoms with E-state index in [1.54, 1.807) is 29.4 Å². The van der Waals surface area contributed by atoms with Gasteiger partial charge in [-0.1, -0.05) is 6.08 Å². The lowest BCUT2D eigenvalue weighted by atomic mass is 10.1. The van der Waals surface area contributed by atoms with Gasteiger partial charge in [-0.15, -0.1) is 17.9 Å². The number of benzene rings is 1. The number of aromatic nitrogens is 1. The van der Waals surface area contributed by atoms with E-state index >= 15 is 0 Å². The number of non-ortho nitro benzene ring substituents is 1. The fraction of sp³-hybridized carbons (Fsp3) is 0.200. The maximum atomic E-state index is 12.8. The molecule has 0 unspecified atom stereocenters. The SMILES string of the molecule is C=CCN(C(=O)C[NH2+][C@H](C)c1ccco1)c1nc(-c2ccc([N+](=O)[O-])cc2)cs1. The average Bonchev–Trinajstić information content (AvgIpc) is 3.42. The van der Waals surface area contributed by atoms with E-state index < -0.39 is 4.92 Å². The molecule has 0 aliphatic carbocycles. The van der Waals surface area contributed by atoms with Crippen molar-refractivity contribution in [3.63, 3.8) is 0 Å². The summed E-state index contributed by atoms with van der Waals surface area (Å²) in [4.78, 5) is 29.3. The zero-order chi connectivity index (χ0) is 20.8. The van der Waals surface area contributed by atoms with Gasteiger partial charge in [0, 0.05) is 29.6 Å². The summed E-state index contributed by atoms with van der Waals surface area (Å²) in [5.74, 6) is 0.718. The Morgan fingerprint density at radius 1 is 1.41 bits per heavy atom. The van der Waals surface area contributed by atoms with Crippen molar-refractivity contribution < 1.29 is 19.5 Å². The molecule has 0 saturated carbocycles. The van der Waals surface area contributed by atoms with Gasteiger partial charge in [-0.2, -0.15) is 0 Å². The van der Waals surface area contributed by atoms with E-state index in [1.165, 1.54) is 23.5 Å². The molecule has 3 rings (SSSR count). The van der Waals surface area contributed by atoms with Crippen LogP contribution >= 0.6 is 11.3 Å². The van der Waals surface area contributed by atoms with Crippen LogP contribution in [-0.4, -0.2) is 28.9 Å². The third-order valence-electron chi connectivity index (χ3n) is 4.35. The van der Waals surface area contributed by atoms with Crippen molar-refractivity contribution in [3.8, 4) is 11.3 Å². The lowest BCUT2D eigenvalue weighted by Gasteiger charge is -2.18. The number of hydrogen-bond acceptors (Lipinski definition) is 6. The van der Waals surface area contributed by atoms with E-state index in [1.807, 2.05) is 29.8 Å². The first-order chi connectivity index (χ1) is 14.0. The number of nitro benzene ring substituents is 1. The minimum atomic E-state index is -0.443. The highest BCUT2D eigenvalue weighted by Gasteiger charge is 2.22. The van der Waals surface area contributed by atoms with Gasteiger partial charge in [0.25, 0.3) is 11.6 Å². The molecule has 1 amide bonds. The predicted octanol–water partition coefficient (Wildman–Crippen LogP) is 3.15. The number of hydrogen-bond donors (Lipinski definition) is 1. The molecule has 0 bridgehead atoms. The summed E-state index contributed by atoms with van der Waals surface area (Å²) in [6.45, 7) is 6.28. The Balaban J connectivity index is 1.71. The summed E-state index contributed by atoms with van der Waals surface area (Å²) >= 11 is 1.34. The average molecular weight is 413 g/mol. The summed E-state index contributed by atoms with van der Waals surface area (Å²) in [7, 11) is 0. The number of nitrogens with zero attached hydrogens (tertiary/aromatic N) is 3. The second-order valence-electron chi connectivity index (χ2n) is 6.36. The minimum Gasteiger partial charge on any atom is -0.463 e. The Labute approximate surface area is 171 Å². The number of anilines is 1. The van der Waals surface area contributed by atoms with Gasteiger partial charge in [-0.05, 0) is 31.2 Å². The van der Waals surface area contributed by atoms with Crippen molar-refractivity contribution in [2.24, 2.45) is 0 Å². The van der Waals surface area contributed by atoms with Gasteiger partial charge in [0.1, 0.15) is 6.04 Å². The molecule has 0 aliphatic rings. The van der Waals surface area contributed by atoms with Crippen LogP contribution in [0.2, 0.25) is 0 Å². The summed E-state index contributed by atoms with van der Waals surface area (Å²) in [5.41, 5.74) is 1.44. The highest BCUT2D eigenvalue weighted by molar-refractivity contribution is 7.14. The number of thiazole rings is 1. The van der Waals surface area contributed by atoms with E-state index in [0.717, 1.165) is 11.3 Å². The third-order valence-corrected chi connectivity index (χ3v) is 5.21. The van der Waals surface area contributed by atoms with Gasteiger partial charge in [0.2, 0.25) is 0 Å². The fourth-order valence-electron chi connectivity index (χ4n) is 2.74. The number of nitro groups is 1. The van der Waals surface area contributed by atoms with Crippen molar-refractivity contribution in [2.75, 3.05) is 18.0 Å². The number of rotatable bonds is 9. The van der Waals surface area contributed by atoms with Crippen molar-refractivity contribution in [1.82, 2.24) is 4.98 Å². The highest BCUT2D eigenvalue weighted by Crippen LogP contribution is 2.28. The Kier molecular flexibility index (Phi) is 6.53. The van der Waals surface area contributed by atoms with E-state index in [9.17, 15) is 14.9 Å². The first-order valence-electron chi connectivity index (χ1n) is 8.98. The predicted molar refractivity (Wildman–Crippen MR) is 111 cm³/mol. The molecule has 2 aromatic heterocycles. The zero-order valence-corrected chi connectivity index (χ0v) is 16.7. The molecule has 0 fully saturated rings. The molecule has 9 heteroatoms. The molecule has 8 nitrogen and oxygen atoms in total. The molecular formula is C20H21N4O4S+. The maximum Gasteiger partial charge on any atom is 0.284 e. The maximum absolute atomic E-state index is 12.8. The summed E-state index contributed by atoms with van der Waals surface area (Å²) in [6.07, 6.45) is 3.27. The number of nitrogens with two attached hydrogens (primary N) is 1. The van der Waals surface area contributed by atoms with Crippen LogP contribution in [0.15, 0.2) is 65.1 Å². The molecule has 0 aliphatic heterocycles. The Morgan fingerprint density at radius 2 is 2.17 bits per heavy atom. The van der Waals surface area contributed by atoms with Gasteiger partial charge >= 0.3 is 0 Å². The number of amides is 1. The van der Waals surface area contributed by atoms with Crippen LogP contribution < -0.4 is 10.2 Å². The molecule has 29 heavy (non-hydrogen) atoms. The van der Waals surface area contributed by atoms with Gasteiger partial charge in [-0.25, -0.2) is 4.98 Å². The van der Waals surface area contributed by atoms with Crippen LogP contribution in [0, 0.1) is 10.1 Å². The fourth-order valence-corrected chi connectivity index (χ4v) is 3.61. The lowest BCUT2D eigenvalue weighted by molar-refractivity contribution is -0.684. The molecule has 0 radical (unpaired) electrons. The molecule has 3 aromatic rings.